The topological polar surface area (TPSA) is 17.0 Å². The number of hydrogen-bond donors (Lipinski definition) is 1. The van der Waals surface area contributed by atoms with Gasteiger partial charge in [-0.15, -0.1) is 0 Å². The molecule has 0 fully saturated rings. The predicted octanol–water partition coefficient (Wildman–Crippen LogP) is 3.72. The standard InChI is InChI=1S/C16H24N2S/c1-5-19-11-12(2)17-10-16-13(3)14-8-6-7-9-15(14)18(16)4/h6-9,12,17H,5,10-11H2,1-4H3. The van der Waals surface area contributed by atoms with Crippen LogP contribution in [0.3, 0.4) is 0 Å². The Labute approximate surface area is 120 Å². The van der Waals surface area contributed by atoms with Crippen molar-refractivity contribution >= 4 is 22.7 Å². The van der Waals surface area contributed by atoms with Crippen LogP contribution in [0.5, 0.6) is 0 Å². The third kappa shape index (κ3) is 3.15. The summed E-state index contributed by atoms with van der Waals surface area (Å²) < 4.78 is 2.32. The summed E-state index contributed by atoms with van der Waals surface area (Å²) in [5.74, 6) is 2.37. The number of hydrogen-bond acceptors (Lipinski definition) is 2. The molecular formula is C16H24N2S. The van der Waals surface area contributed by atoms with Crippen LogP contribution in [0, 0.1) is 6.92 Å². The minimum Gasteiger partial charge on any atom is -0.346 e. The van der Waals surface area contributed by atoms with Crippen LogP contribution in [0.15, 0.2) is 24.3 Å². The third-order valence-electron chi connectivity index (χ3n) is 3.70. The van der Waals surface area contributed by atoms with Crippen molar-refractivity contribution in [2.24, 2.45) is 7.05 Å². The van der Waals surface area contributed by atoms with E-state index in [9.17, 15) is 0 Å². The molecule has 104 valence electrons. The van der Waals surface area contributed by atoms with Crippen molar-refractivity contribution in [1.82, 2.24) is 9.88 Å². The SMILES string of the molecule is CCSCC(C)NCc1c(C)c2ccccc2n1C. The van der Waals surface area contributed by atoms with E-state index in [0.29, 0.717) is 6.04 Å². The fraction of sp³-hybridized carbons (Fsp3) is 0.500. The Morgan fingerprint density at radius 1 is 1.32 bits per heavy atom. The van der Waals surface area contributed by atoms with Gasteiger partial charge < -0.3 is 9.88 Å². The molecule has 0 bridgehead atoms. The molecule has 0 aliphatic rings. The molecule has 1 aromatic heterocycles. The summed E-state index contributed by atoms with van der Waals surface area (Å²) in [5, 5.41) is 5.01. The predicted molar refractivity (Wildman–Crippen MR) is 87.0 cm³/mol. The Morgan fingerprint density at radius 3 is 2.74 bits per heavy atom. The number of fused-ring (bicyclic) bond motifs is 1. The monoisotopic (exact) mass is 276 g/mol. The maximum Gasteiger partial charge on any atom is 0.0483 e. The highest BCUT2D eigenvalue weighted by Gasteiger charge is 2.11. The zero-order chi connectivity index (χ0) is 13.8. The first kappa shape index (κ1) is 14.5. The summed E-state index contributed by atoms with van der Waals surface area (Å²) in [4.78, 5) is 0. The van der Waals surface area contributed by atoms with E-state index in [4.69, 9.17) is 0 Å². The summed E-state index contributed by atoms with van der Waals surface area (Å²) >= 11 is 2.00. The van der Waals surface area contributed by atoms with Crippen molar-refractivity contribution in [2.45, 2.75) is 33.4 Å². The van der Waals surface area contributed by atoms with E-state index in [1.54, 1.807) is 0 Å². The van der Waals surface area contributed by atoms with E-state index >= 15 is 0 Å². The fourth-order valence-electron chi connectivity index (χ4n) is 2.51. The van der Waals surface area contributed by atoms with Gasteiger partial charge in [0.25, 0.3) is 0 Å². The Morgan fingerprint density at radius 2 is 2.05 bits per heavy atom. The molecule has 0 aliphatic carbocycles. The van der Waals surface area contributed by atoms with Crippen molar-refractivity contribution < 1.29 is 0 Å². The molecule has 1 atom stereocenters. The van der Waals surface area contributed by atoms with Gasteiger partial charge in [0, 0.05) is 42.0 Å². The summed E-state index contributed by atoms with van der Waals surface area (Å²) in [6.07, 6.45) is 0. The highest BCUT2D eigenvalue weighted by Crippen LogP contribution is 2.24. The van der Waals surface area contributed by atoms with Gasteiger partial charge in [0.1, 0.15) is 0 Å². The molecule has 1 aromatic carbocycles. The molecule has 1 N–H and O–H groups in total. The highest BCUT2D eigenvalue weighted by molar-refractivity contribution is 7.99. The van der Waals surface area contributed by atoms with Gasteiger partial charge in [-0.3, -0.25) is 0 Å². The molecule has 1 heterocycles. The van der Waals surface area contributed by atoms with Crippen LogP contribution < -0.4 is 5.32 Å². The summed E-state index contributed by atoms with van der Waals surface area (Å²) in [6.45, 7) is 7.65. The number of thioether (sulfide) groups is 1. The van der Waals surface area contributed by atoms with Crippen LogP contribution >= 0.6 is 11.8 Å². The molecule has 0 saturated carbocycles. The van der Waals surface area contributed by atoms with E-state index in [1.807, 2.05) is 11.8 Å². The maximum atomic E-state index is 3.63. The van der Waals surface area contributed by atoms with Gasteiger partial charge in [-0.05, 0) is 31.2 Å². The van der Waals surface area contributed by atoms with Crippen LogP contribution in [0.1, 0.15) is 25.1 Å². The number of nitrogens with one attached hydrogen (secondary N) is 1. The van der Waals surface area contributed by atoms with Gasteiger partial charge in [-0.2, -0.15) is 11.8 Å². The van der Waals surface area contributed by atoms with Gasteiger partial charge in [-0.1, -0.05) is 25.1 Å². The Balaban J connectivity index is 2.12. The summed E-state index contributed by atoms with van der Waals surface area (Å²) in [6, 6.07) is 9.20. The second-order valence-electron chi connectivity index (χ2n) is 5.09. The average Bonchev–Trinajstić information content (AvgIpc) is 2.67. The van der Waals surface area contributed by atoms with E-state index in [2.05, 4.69) is 62.0 Å². The second-order valence-corrected chi connectivity index (χ2v) is 6.41. The quantitative estimate of drug-likeness (QED) is 0.866. The zero-order valence-electron chi connectivity index (χ0n) is 12.4. The summed E-state index contributed by atoms with van der Waals surface area (Å²) in [7, 11) is 2.16. The number of benzene rings is 1. The van der Waals surface area contributed by atoms with Crippen molar-refractivity contribution in [3.8, 4) is 0 Å². The zero-order valence-corrected chi connectivity index (χ0v) is 13.2. The van der Waals surface area contributed by atoms with E-state index in [0.717, 1.165) is 6.54 Å². The molecule has 3 heteroatoms. The molecule has 0 aliphatic heterocycles. The molecular weight excluding hydrogens is 252 g/mol. The van der Waals surface area contributed by atoms with Gasteiger partial charge in [0.15, 0.2) is 0 Å². The van der Waals surface area contributed by atoms with Crippen molar-refractivity contribution in [2.75, 3.05) is 11.5 Å². The molecule has 1 unspecified atom stereocenters. The highest BCUT2D eigenvalue weighted by atomic mass is 32.2. The molecule has 2 rings (SSSR count). The van der Waals surface area contributed by atoms with Gasteiger partial charge in [0.05, 0.1) is 0 Å². The Hall–Kier alpha value is -0.930. The van der Waals surface area contributed by atoms with Crippen LogP contribution in [0.25, 0.3) is 10.9 Å². The van der Waals surface area contributed by atoms with E-state index in [1.165, 1.54) is 33.7 Å². The lowest BCUT2D eigenvalue weighted by atomic mass is 10.1. The van der Waals surface area contributed by atoms with Crippen molar-refractivity contribution in [3.05, 3.63) is 35.5 Å². The lowest BCUT2D eigenvalue weighted by molar-refractivity contribution is 0.577. The van der Waals surface area contributed by atoms with Gasteiger partial charge in [-0.25, -0.2) is 0 Å². The molecule has 0 saturated heterocycles. The average molecular weight is 276 g/mol. The molecule has 19 heavy (non-hydrogen) atoms. The van der Waals surface area contributed by atoms with Crippen molar-refractivity contribution in [3.63, 3.8) is 0 Å². The van der Waals surface area contributed by atoms with Crippen molar-refractivity contribution in [1.29, 1.82) is 0 Å². The van der Waals surface area contributed by atoms with Crippen LogP contribution in [0.2, 0.25) is 0 Å². The van der Waals surface area contributed by atoms with Crippen LogP contribution in [0.4, 0.5) is 0 Å². The van der Waals surface area contributed by atoms with Gasteiger partial charge >= 0.3 is 0 Å². The number of rotatable bonds is 6. The smallest absolute Gasteiger partial charge is 0.0483 e. The minimum absolute atomic E-state index is 0.558. The first-order valence-corrected chi connectivity index (χ1v) is 8.14. The Kier molecular flexibility index (Phi) is 4.94. The number of aromatic nitrogens is 1. The first-order valence-electron chi connectivity index (χ1n) is 6.99. The van der Waals surface area contributed by atoms with Crippen LogP contribution in [-0.2, 0) is 13.6 Å². The number of nitrogens with zero attached hydrogens (tertiary/aromatic N) is 1. The lowest BCUT2D eigenvalue weighted by Gasteiger charge is -2.14. The Bertz CT molecular complexity index is 506. The fourth-order valence-corrected chi connectivity index (χ4v) is 3.22. The van der Waals surface area contributed by atoms with Crippen LogP contribution in [-0.4, -0.2) is 22.1 Å². The first-order chi connectivity index (χ1) is 9.15. The lowest BCUT2D eigenvalue weighted by Crippen LogP contribution is -2.28. The third-order valence-corrected chi connectivity index (χ3v) is 4.84. The molecule has 0 spiro atoms. The normalized spacial score (nSPS) is 13.1. The minimum atomic E-state index is 0.558. The van der Waals surface area contributed by atoms with E-state index < -0.39 is 0 Å². The van der Waals surface area contributed by atoms with E-state index in [-0.39, 0.29) is 0 Å². The molecule has 2 nitrogen and oxygen atoms in total. The second kappa shape index (κ2) is 6.49. The molecule has 0 radical (unpaired) electrons. The molecule has 2 aromatic rings. The maximum absolute atomic E-state index is 3.63. The summed E-state index contributed by atoms with van der Waals surface area (Å²) in [5.41, 5.74) is 4.13. The number of para-hydroxylation sites is 1. The van der Waals surface area contributed by atoms with Gasteiger partial charge in [0.2, 0.25) is 0 Å². The largest absolute Gasteiger partial charge is 0.346 e. The molecule has 0 amide bonds. The number of aryl methyl sites for hydroxylation is 2.